The van der Waals surface area contributed by atoms with Gasteiger partial charge in [-0.05, 0) is 38.5 Å². The van der Waals surface area contributed by atoms with Gasteiger partial charge < -0.3 is 9.64 Å². The fourth-order valence-corrected chi connectivity index (χ4v) is 5.59. The lowest BCUT2D eigenvalue weighted by Gasteiger charge is -2.35. The molecule has 1 aliphatic heterocycles. The van der Waals surface area contributed by atoms with Crippen LogP contribution in [-0.4, -0.2) is 49.5 Å². The monoisotopic (exact) mass is 443 g/mol. The fraction of sp³-hybridized carbons (Fsp3) is 0.444. The molecule has 7 nitrogen and oxygen atoms in total. The normalized spacial score (nSPS) is 20.2. The van der Waals surface area contributed by atoms with Crippen LogP contribution >= 0.6 is 22.9 Å². The van der Waals surface area contributed by atoms with Crippen LogP contribution in [0.15, 0.2) is 28.5 Å². The molecule has 0 bridgehead atoms. The van der Waals surface area contributed by atoms with Gasteiger partial charge >= 0.3 is 0 Å². The highest BCUT2D eigenvalue weighted by Gasteiger charge is 2.26. The van der Waals surface area contributed by atoms with Crippen LogP contribution in [0.3, 0.4) is 0 Å². The third-order valence-corrected chi connectivity index (χ3v) is 7.21. The molecule has 0 saturated carbocycles. The molecule has 152 valence electrons. The van der Waals surface area contributed by atoms with Crippen molar-refractivity contribution in [2.24, 2.45) is 0 Å². The van der Waals surface area contributed by atoms with Gasteiger partial charge in [-0.2, -0.15) is 0 Å². The number of hydrogen-bond acceptors (Lipinski definition) is 6. The van der Waals surface area contributed by atoms with E-state index in [1.807, 2.05) is 13.8 Å². The first-order valence-corrected chi connectivity index (χ1v) is 11.6. The largest absolute Gasteiger partial charge is 0.372 e. The maximum absolute atomic E-state index is 12.6. The molecule has 2 atom stereocenters. The Bertz CT molecular complexity index is 967. The first-order chi connectivity index (χ1) is 13.2. The number of morpholine rings is 1. The number of amides is 1. The molecule has 1 saturated heterocycles. The van der Waals surface area contributed by atoms with Gasteiger partial charge in [0.2, 0.25) is 5.91 Å². The SMILES string of the molecule is Cc1c(Cl)cccc1S(=O)(=O)Nc1nc(CC(=O)N2CC(C)OC(C)C2)cs1. The summed E-state index contributed by atoms with van der Waals surface area (Å²) in [4.78, 5) is 18.7. The van der Waals surface area contributed by atoms with Crippen LogP contribution in [-0.2, 0) is 26.0 Å². The average molecular weight is 444 g/mol. The van der Waals surface area contributed by atoms with Gasteiger partial charge in [0.25, 0.3) is 10.0 Å². The van der Waals surface area contributed by atoms with Crippen molar-refractivity contribution in [3.8, 4) is 0 Å². The van der Waals surface area contributed by atoms with Gasteiger partial charge in [-0.1, -0.05) is 17.7 Å². The summed E-state index contributed by atoms with van der Waals surface area (Å²) in [5.74, 6) is -0.0487. The van der Waals surface area contributed by atoms with E-state index in [0.29, 0.717) is 29.4 Å². The summed E-state index contributed by atoms with van der Waals surface area (Å²) in [6.45, 7) is 6.60. The maximum Gasteiger partial charge on any atom is 0.263 e. The minimum atomic E-state index is -3.82. The van der Waals surface area contributed by atoms with Crippen molar-refractivity contribution in [3.05, 3.63) is 39.9 Å². The number of benzene rings is 1. The molecule has 2 heterocycles. The number of hydrogen-bond donors (Lipinski definition) is 1. The van der Waals surface area contributed by atoms with E-state index in [4.69, 9.17) is 16.3 Å². The summed E-state index contributed by atoms with van der Waals surface area (Å²) in [6.07, 6.45) is 0.103. The maximum atomic E-state index is 12.6. The van der Waals surface area contributed by atoms with Gasteiger partial charge in [0, 0.05) is 23.5 Å². The summed E-state index contributed by atoms with van der Waals surface area (Å²) >= 11 is 7.16. The van der Waals surface area contributed by atoms with Crippen LogP contribution < -0.4 is 4.72 Å². The number of aromatic nitrogens is 1. The number of halogens is 1. The summed E-state index contributed by atoms with van der Waals surface area (Å²) in [5.41, 5.74) is 1.00. The lowest BCUT2D eigenvalue weighted by Crippen LogP contribution is -2.48. The number of nitrogens with zero attached hydrogens (tertiary/aromatic N) is 2. The quantitative estimate of drug-likeness (QED) is 0.767. The molecule has 0 radical (unpaired) electrons. The highest BCUT2D eigenvalue weighted by molar-refractivity contribution is 7.93. The number of rotatable bonds is 5. The van der Waals surface area contributed by atoms with E-state index in [9.17, 15) is 13.2 Å². The Morgan fingerprint density at radius 2 is 2.04 bits per heavy atom. The number of carbonyl (C=O) groups is 1. The number of thiazole rings is 1. The Morgan fingerprint density at radius 3 is 2.71 bits per heavy atom. The molecule has 1 aromatic carbocycles. The van der Waals surface area contributed by atoms with E-state index >= 15 is 0 Å². The highest BCUT2D eigenvalue weighted by atomic mass is 35.5. The van der Waals surface area contributed by atoms with Crippen molar-refractivity contribution in [1.82, 2.24) is 9.88 Å². The molecule has 0 aliphatic carbocycles. The molecule has 1 fully saturated rings. The average Bonchev–Trinajstić information content (AvgIpc) is 3.02. The number of carbonyl (C=O) groups excluding carboxylic acids is 1. The van der Waals surface area contributed by atoms with Gasteiger partial charge in [-0.25, -0.2) is 13.4 Å². The molecule has 1 amide bonds. The molecular weight excluding hydrogens is 422 g/mol. The topological polar surface area (TPSA) is 88.6 Å². The van der Waals surface area contributed by atoms with E-state index < -0.39 is 10.0 Å². The number of ether oxygens (including phenoxy) is 1. The predicted molar refractivity (Wildman–Crippen MR) is 109 cm³/mol. The van der Waals surface area contributed by atoms with Gasteiger partial charge in [0.1, 0.15) is 0 Å². The Labute approximate surface area is 173 Å². The van der Waals surface area contributed by atoms with Gasteiger partial charge in [-0.15, -0.1) is 11.3 Å². The van der Waals surface area contributed by atoms with Crippen LogP contribution in [0.1, 0.15) is 25.1 Å². The van der Waals surface area contributed by atoms with E-state index in [-0.39, 0.29) is 34.6 Å². The molecular formula is C18H22ClN3O4S2. The molecule has 28 heavy (non-hydrogen) atoms. The second-order valence-corrected chi connectivity index (χ2v) is 9.76. The standard InChI is InChI=1S/C18H22ClN3O4S2/c1-11-8-22(9-12(2)26-11)17(23)7-14-10-27-18(20-14)21-28(24,25)16-6-4-5-15(19)13(16)3/h4-6,10-12H,7-9H2,1-3H3,(H,20,21). The van der Waals surface area contributed by atoms with Crippen molar-refractivity contribution >= 4 is 44.0 Å². The smallest absolute Gasteiger partial charge is 0.263 e. The minimum absolute atomic E-state index is 0.00793. The van der Waals surface area contributed by atoms with Gasteiger partial charge in [0.15, 0.2) is 5.13 Å². The Kier molecular flexibility index (Phi) is 6.28. The molecule has 1 aromatic heterocycles. The van der Waals surface area contributed by atoms with Crippen LogP contribution in [0, 0.1) is 6.92 Å². The van der Waals surface area contributed by atoms with Crippen LogP contribution in [0.25, 0.3) is 0 Å². The fourth-order valence-electron chi connectivity index (χ4n) is 3.13. The molecule has 10 heteroatoms. The zero-order valence-corrected chi connectivity index (χ0v) is 18.2. The molecule has 3 rings (SSSR count). The van der Waals surface area contributed by atoms with Crippen molar-refractivity contribution < 1.29 is 17.9 Å². The zero-order valence-electron chi connectivity index (χ0n) is 15.8. The van der Waals surface area contributed by atoms with E-state index in [1.54, 1.807) is 29.3 Å². The minimum Gasteiger partial charge on any atom is -0.372 e. The van der Waals surface area contributed by atoms with Crippen LogP contribution in [0.2, 0.25) is 5.02 Å². The van der Waals surface area contributed by atoms with Crippen LogP contribution in [0.4, 0.5) is 5.13 Å². The molecule has 1 aliphatic rings. The van der Waals surface area contributed by atoms with E-state index in [0.717, 1.165) is 11.3 Å². The third-order valence-electron chi connectivity index (χ3n) is 4.39. The lowest BCUT2D eigenvalue weighted by molar-refractivity contribution is -0.142. The second-order valence-electron chi connectivity index (χ2n) is 6.85. The highest BCUT2D eigenvalue weighted by Crippen LogP contribution is 2.26. The third kappa shape index (κ3) is 4.83. The van der Waals surface area contributed by atoms with Gasteiger partial charge in [-0.3, -0.25) is 9.52 Å². The summed E-state index contributed by atoms with van der Waals surface area (Å²) in [7, 11) is -3.82. The summed E-state index contributed by atoms with van der Waals surface area (Å²) in [5, 5.41) is 2.28. The number of anilines is 1. The van der Waals surface area contributed by atoms with Crippen molar-refractivity contribution in [2.45, 2.75) is 44.3 Å². The molecule has 1 N–H and O–H groups in total. The zero-order chi connectivity index (χ0) is 20.5. The Hall–Kier alpha value is -1.68. The second kappa shape index (κ2) is 8.36. The van der Waals surface area contributed by atoms with Crippen molar-refractivity contribution in [3.63, 3.8) is 0 Å². The van der Waals surface area contributed by atoms with Crippen molar-refractivity contribution in [1.29, 1.82) is 0 Å². The lowest BCUT2D eigenvalue weighted by atomic mass is 10.2. The first-order valence-electron chi connectivity index (χ1n) is 8.81. The first kappa shape index (κ1) is 21.0. The van der Waals surface area contributed by atoms with Crippen molar-refractivity contribution in [2.75, 3.05) is 17.8 Å². The number of nitrogens with one attached hydrogen (secondary N) is 1. The van der Waals surface area contributed by atoms with Crippen LogP contribution in [0.5, 0.6) is 0 Å². The Balaban J connectivity index is 1.68. The molecule has 2 aromatic rings. The van der Waals surface area contributed by atoms with E-state index in [1.165, 1.54) is 6.07 Å². The molecule has 0 spiro atoms. The number of sulfonamides is 1. The summed E-state index contributed by atoms with van der Waals surface area (Å²) in [6, 6.07) is 4.71. The van der Waals surface area contributed by atoms with Gasteiger partial charge in [0.05, 0.1) is 29.2 Å². The molecule has 2 unspecified atom stereocenters. The predicted octanol–water partition coefficient (Wildman–Crippen LogP) is 3.08. The van der Waals surface area contributed by atoms with E-state index in [2.05, 4.69) is 9.71 Å². The Morgan fingerprint density at radius 1 is 1.36 bits per heavy atom. The summed E-state index contributed by atoms with van der Waals surface area (Å²) < 4.78 is 33.4.